The monoisotopic (exact) mass is 1590 g/mol. The molecule has 606 valence electrons. The average Bonchev–Trinajstić information content (AvgIpc) is 1.53. The van der Waals surface area contributed by atoms with E-state index >= 15 is 0 Å². The van der Waals surface area contributed by atoms with Gasteiger partial charge in [0.1, 0.15) is 58.5 Å². The van der Waals surface area contributed by atoms with E-state index in [1.165, 1.54) is 46.7 Å². The van der Waals surface area contributed by atoms with E-state index in [9.17, 15) is 38.4 Å². The number of carboxylic acid groups (broad SMARTS) is 1. The van der Waals surface area contributed by atoms with Gasteiger partial charge in [-0.2, -0.15) is 9.88 Å². The van der Waals surface area contributed by atoms with Crippen LogP contribution in [-0.2, 0) is 56.9 Å². The van der Waals surface area contributed by atoms with Crippen LogP contribution in [0.4, 0.5) is 27.3 Å². The highest BCUT2D eigenvalue weighted by Gasteiger charge is 2.52. The van der Waals surface area contributed by atoms with Gasteiger partial charge in [-0.15, -0.1) is 0 Å². The molecule has 8 rings (SSSR count). The zero-order valence-electron chi connectivity index (χ0n) is 64.6. The maximum absolute atomic E-state index is 14.8. The number of carbonyl (C=O) groups excluding carboxylic acids is 3. The smallest absolute Gasteiger partial charge is 0.342 e. The van der Waals surface area contributed by atoms with E-state index in [4.69, 9.17) is 84.3 Å². The molecule has 0 spiro atoms. The summed E-state index contributed by atoms with van der Waals surface area (Å²) in [6.07, 6.45) is 5.47. The summed E-state index contributed by atoms with van der Waals surface area (Å²) in [4.78, 5) is 60.4. The van der Waals surface area contributed by atoms with Crippen LogP contribution in [0.2, 0.25) is 30.7 Å². The number of hydrogen-bond acceptors (Lipinski definition) is 21. The Morgan fingerprint density at radius 3 is 1.33 bits per heavy atom. The van der Waals surface area contributed by atoms with E-state index in [0.29, 0.717) is 33.8 Å². The van der Waals surface area contributed by atoms with Crippen molar-refractivity contribution >= 4 is 62.8 Å². The van der Waals surface area contributed by atoms with Crippen molar-refractivity contribution in [2.24, 2.45) is 0 Å². The van der Waals surface area contributed by atoms with Crippen molar-refractivity contribution in [3.8, 4) is 23.0 Å². The van der Waals surface area contributed by atoms with Crippen molar-refractivity contribution in [1.82, 2.24) is 0 Å². The van der Waals surface area contributed by atoms with Crippen molar-refractivity contribution in [2.45, 2.75) is 166 Å². The number of aliphatic hydroxyl groups is 1. The third-order valence-corrected chi connectivity index (χ3v) is 23.7. The number of hydrogen-bond donors (Lipinski definition) is 2. The van der Waals surface area contributed by atoms with E-state index in [1.807, 2.05) is 72.8 Å². The predicted octanol–water partition coefficient (Wildman–Crippen LogP) is 16.4. The van der Waals surface area contributed by atoms with Gasteiger partial charge in [0, 0.05) is 65.6 Å². The lowest BCUT2D eigenvalue weighted by Crippen LogP contribution is -2.67. The van der Waals surface area contributed by atoms with E-state index < -0.39 is 106 Å². The molecule has 2 heterocycles. The Morgan fingerprint density at radius 1 is 0.550 bits per heavy atom. The Bertz CT molecular complexity index is 3900. The predicted molar refractivity (Wildman–Crippen MR) is 407 cm³/mol. The molecule has 0 bridgehead atoms. The molecular weight excluding hydrogens is 1500 g/mol. The van der Waals surface area contributed by atoms with Crippen molar-refractivity contribution in [2.75, 3.05) is 48.6 Å². The van der Waals surface area contributed by atoms with Crippen molar-refractivity contribution in [3.05, 3.63) is 215 Å². The van der Waals surface area contributed by atoms with Crippen LogP contribution in [0.15, 0.2) is 182 Å². The minimum atomic E-state index is -3.21. The molecule has 6 aromatic rings. The molecule has 2 aliphatic heterocycles. The van der Waals surface area contributed by atoms with Gasteiger partial charge in [-0.05, 0) is 131 Å². The maximum atomic E-state index is 14.8. The van der Waals surface area contributed by atoms with Crippen LogP contribution in [0.25, 0.3) is 12.2 Å². The zero-order chi connectivity index (χ0) is 82.0. The lowest BCUT2D eigenvalue weighted by atomic mass is 10.0. The Labute approximate surface area is 645 Å². The Morgan fingerprint density at radius 2 is 0.955 bits per heavy atom. The minimum Gasteiger partial charge on any atom is -0.497 e. The molecule has 30 heteroatoms. The molecule has 2 saturated heterocycles. The molecule has 2 fully saturated rings. The highest BCUT2D eigenvalue weighted by Crippen LogP contribution is 2.41. The second kappa shape index (κ2) is 45.5. The van der Waals surface area contributed by atoms with Gasteiger partial charge in [0.05, 0.1) is 44.2 Å². The number of halogens is 6. The first kappa shape index (κ1) is 92.6. The zero-order valence-corrected chi connectivity index (χ0v) is 66.6. The van der Waals surface area contributed by atoms with Gasteiger partial charge >= 0.3 is 23.9 Å². The Kier molecular flexibility index (Phi) is 37.9. The summed E-state index contributed by atoms with van der Waals surface area (Å²) in [6.45, 7) is 19.9. The molecule has 111 heavy (non-hydrogen) atoms. The molecule has 2 N–H and O–H groups in total. The van der Waals surface area contributed by atoms with Crippen molar-refractivity contribution in [1.29, 1.82) is 0 Å². The number of esters is 3. The van der Waals surface area contributed by atoms with Crippen molar-refractivity contribution < 1.29 is 133 Å². The summed E-state index contributed by atoms with van der Waals surface area (Å²) >= 11 is 0. The summed E-state index contributed by atoms with van der Waals surface area (Å²) in [7, 11) is 1.18. The first-order valence-corrected chi connectivity index (χ1v) is 40.9. The summed E-state index contributed by atoms with van der Waals surface area (Å²) in [6, 6.07) is 43.9. The van der Waals surface area contributed by atoms with Crippen LogP contribution in [-0.4, -0.2) is 160 Å². The average molecular weight is 1600 g/mol. The molecule has 6 aromatic carbocycles. The van der Waals surface area contributed by atoms with Gasteiger partial charge in [-0.25, -0.2) is 19.2 Å². The number of ether oxygens (including phenoxy) is 13. The molecule has 22 nitrogen and oxygen atoms in total. The van der Waals surface area contributed by atoms with E-state index in [0.717, 1.165) is 16.4 Å². The van der Waals surface area contributed by atoms with Crippen LogP contribution in [0.5, 0.6) is 23.0 Å². The molecular formula is C81H100F6O22Si2. The van der Waals surface area contributed by atoms with Gasteiger partial charge in [0.25, 0.3) is 8.32 Å². The third-order valence-electron chi connectivity index (χ3n) is 17.0. The SMILES string of the molecule is COCOc1cc(OC)cc(/C=C/C[C@@H]2OC(C)(C)O[C@@H]2C(/C=C\CC(O)OF)OC(=O)c2ccccc2)c1C(=O)O.COCOc1cc(OC)cc(/C=C/C[C@@H]2OC(C)(C)O[C@@H]2C(/C=C\CC(OF)O[Si](c2ccccc2)(c2ccccc2)C(C)(C)C)OC(=O)c2ccccc2)c1C(=O)OCC[Si](C)(C)C.FF.FF. The number of carboxylic acids is 1. The normalized spacial score (nSPS) is 17.8. The largest absolute Gasteiger partial charge is 0.497 e. The van der Waals surface area contributed by atoms with Gasteiger partial charge < -0.3 is 76.2 Å². The molecule has 0 radical (unpaired) electrons. The van der Waals surface area contributed by atoms with Crippen LogP contribution < -0.4 is 29.3 Å². The number of methoxy groups -OCH3 is 4. The number of benzene rings is 6. The van der Waals surface area contributed by atoms with Crippen LogP contribution in [0.3, 0.4) is 0 Å². The Hall–Kier alpha value is -9.03. The quantitative estimate of drug-likeness (QED) is 0.00917. The number of rotatable bonds is 37. The van der Waals surface area contributed by atoms with Crippen molar-refractivity contribution in [3.63, 3.8) is 0 Å². The molecule has 2 aliphatic rings. The summed E-state index contributed by atoms with van der Waals surface area (Å²) in [5.74, 6) is -3.93. The third kappa shape index (κ3) is 28.0. The summed E-state index contributed by atoms with van der Waals surface area (Å²) < 4.78 is 141. The maximum Gasteiger partial charge on any atom is 0.342 e. The standard InChI is InChI=1S/C51H65FO11Si2.C30H35FO11.2F2/c1-50(2,3)65(40-25-16-12-17-26-40,41-27-18-13-19-28-41)63-45(62-52)31-21-29-42(59-48(53)37-22-14-11-15-23-37)47-43(60-51(4,5)61-47)30-20-24-38-34-39(56-7)35-44(58-36-55-6)46(38)49(54)57-32-33-64(8,9)10;1-30(2)40-23(14-8-12-20-16-21(37-4)17-24(38-18-36-3)26(20)28(33)34)27(41-30)22(13-9-15-25(32)42-31)39-29(35)19-10-6-5-7-11-19;2*1-2/h11-29,34-35,42-43,45,47H,30-33,36H2,1-10H3;5-13,16-17,22-23,25,27,32H,14-15,18H2,1-4H3,(H,33,34);;/b24-20+,29-21-;12-8+,13-9-;;/t42?,43-,45?,47+;22?,23-,25?,27+;;/m00../s1. The first-order chi connectivity index (χ1) is 53.0. The van der Waals surface area contributed by atoms with Gasteiger partial charge in [-0.3, -0.25) is 0 Å². The second-order valence-electron chi connectivity index (χ2n) is 28.2. The van der Waals surface area contributed by atoms with Crippen LogP contribution >= 0.6 is 0 Å². The first-order valence-electron chi connectivity index (χ1n) is 35.3. The van der Waals surface area contributed by atoms with E-state index in [2.05, 4.69) is 50.3 Å². The fourth-order valence-electron chi connectivity index (χ4n) is 12.1. The number of aromatic carboxylic acids is 1. The molecule has 0 aliphatic carbocycles. The lowest BCUT2D eigenvalue weighted by Gasteiger charge is -2.44. The highest BCUT2D eigenvalue weighted by molar-refractivity contribution is 6.99. The number of carbonyl (C=O) groups is 4. The topological polar surface area (TPSA) is 256 Å². The van der Waals surface area contributed by atoms with Gasteiger partial charge in [0.2, 0.25) is 0 Å². The van der Waals surface area contributed by atoms with E-state index in [-0.39, 0.29) is 68.5 Å². The molecule has 0 aromatic heterocycles. The fourth-order valence-corrected chi connectivity index (χ4v) is 17.4. The Balaban J connectivity index is 0.000000413. The van der Waals surface area contributed by atoms with Crippen LogP contribution in [0.1, 0.15) is 127 Å². The van der Waals surface area contributed by atoms with Crippen LogP contribution in [0, 0.1) is 0 Å². The highest BCUT2D eigenvalue weighted by atomic mass is 28.4. The van der Waals surface area contributed by atoms with E-state index in [1.54, 1.807) is 131 Å². The van der Waals surface area contributed by atoms with Gasteiger partial charge in [-0.1, -0.05) is 174 Å². The molecule has 0 saturated carbocycles. The lowest BCUT2D eigenvalue weighted by molar-refractivity contribution is -0.253. The van der Waals surface area contributed by atoms with Gasteiger partial charge in [0.15, 0.2) is 37.7 Å². The minimum absolute atomic E-state index is 0.0257. The number of aliphatic hydroxyl groups excluding tert-OH is 1. The summed E-state index contributed by atoms with van der Waals surface area (Å²) in [5, 5.41) is 20.8. The molecule has 8 atom stereocenters. The molecule has 0 amide bonds. The molecule has 4 unspecified atom stereocenters. The summed E-state index contributed by atoms with van der Waals surface area (Å²) in [5.41, 5.74) is 1.59. The second-order valence-corrected chi connectivity index (χ2v) is 38.1. The fraction of sp³-hybridized carbons (Fsp3) is 0.407.